The molecular formula is C13H8F2N2O4. The molecular weight excluding hydrogens is 286 g/mol. The van der Waals surface area contributed by atoms with Crippen LogP contribution in [-0.2, 0) is 0 Å². The molecule has 0 N–H and O–H groups in total. The molecule has 0 aliphatic carbocycles. The Balaban J connectivity index is 2.44. The molecule has 0 saturated heterocycles. The number of hydrogen-bond acceptors (Lipinski definition) is 5. The summed E-state index contributed by atoms with van der Waals surface area (Å²) in [7, 11) is 0. The number of rotatable bonds is 5. The van der Waals surface area contributed by atoms with E-state index in [2.05, 4.69) is 9.72 Å². The summed E-state index contributed by atoms with van der Waals surface area (Å²) < 4.78 is 28.3. The highest BCUT2D eigenvalue weighted by molar-refractivity contribution is 6.11. The zero-order valence-electron chi connectivity index (χ0n) is 10.4. The molecule has 21 heavy (non-hydrogen) atoms. The molecule has 1 aromatic carbocycles. The normalized spacial score (nSPS) is 10.4. The Morgan fingerprint density at radius 1 is 1.33 bits per heavy atom. The van der Waals surface area contributed by atoms with Gasteiger partial charge in [0.2, 0.25) is 5.78 Å². The topological polar surface area (TPSA) is 82.3 Å². The molecule has 0 fully saturated rings. The molecule has 0 aliphatic heterocycles. The van der Waals surface area contributed by atoms with Crippen LogP contribution in [0.3, 0.4) is 0 Å². The molecule has 108 valence electrons. The summed E-state index contributed by atoms with van der Waals surface area (Å²) in [6.07, 6.45) is 2.71. The lowest BCUT2D eigenvalue weighted by Crippen LogP contribution is -2.07. The zero-order chi connectivity index (χ0) is 15.4. The molecule has 0 bridgehead atoms. The second kappa shape index (κ2) is 6.04. The van der Waals surface area contributed by atoms with Crippen molar-refractivity contribution in [2.45, 2.75) is 6.61 Å². The molecule has 0 aliphatic rings. The number of ketones is 1. The largest absolute Gasteiger partial charge is 0.435 e. The number of halogens is 2. The third-order valence-electron chi connectivity index (χ3n) is 2.56. The maximum absolute atomic E-state index is 12.2. The smallest absolute Gasteiger partial charge is 0.387 e. The number of hydrogen-bond donors (Lipinski definition) is 0. The summed E-state index contributed by atoms with van der Waals surface area (Å²) in [6, 6.07) is 5.89. The number of nitro benzene ring substituents is 1. The maximum Gasteiger partial charge on any atom is 0.387 e. The Hall–Kier alpha value is -2.90. The van der Waals surface area contributed by atoms with E-state index in [1.807, 2.05) is 0 Å². The van der Waals surface area contributed by atoms with Crippen LogP contribution in [0.1, 0.15) is 15.9 Å². The molecule has 8 heteroatoms. The highest BCUT2D eigenvalue weighted by atomic mass is 19.3. The highest BCUT2D eigenvalue weighted by Gasteiger charge is 2.23. The monoisotopic (exact) mass is 294 g/mol. The summed E-state index contributed by atoms with van der Waals surface area (Å²) in [5.74, 6) is -1.02. The van der Waals surface area contributed by atoms with Crippen LogP contribution in [0.5, 0.6) is 5.75 Å². The summed E-state index contributed by atoms with van der Waals surface area (Å²) in [5, 5.41) is 11.0. The van der Waals surface area contributed by atoms with Crippen LogP contribution in [0.15, 0.2) is 42.7 Å². The molecule has 1 aromatic heterocycles. The SMILES string of the molecule is O=C(c1cccnc1)c1ccc(OC(F)F)cc1[N+](=O)[O-]. The number of alkyl halides is 2. The van der Waals surface area contributed by atoms with Crippen LogP contribution in [0.4, 0.5) is 14.5 Å². The van der Waals surface area contributed by atoms with Crippen LogP contribution in [0.25, 0.3) is 0 Å². The van der Waals surface area contributed by atoms with Crippen LogP contribution in [0, 0.1) is 10.1 Å². The minimum Gasteiger partial charge on any atom is -0.435 e. The molecule has 0 amide bonds. The van der Waals surface area contributed by atoms with E-state index in [1.165, 1.54) is 24.5 Å². The minimum absolute atomic E-state index is 0.156. The van der Waals surface area contributed by atoms with E-state index >= 15 is 0 Å². The summed E-state index contributed by atoms with van der Waals surface area (Å²) >= 11 is 0. The number of carbonyl (C=O) groups is 1. The third-order valence-corrected chi connectivity index (χ3v) is 2.56. The Morgan fingerprint density at radius 2 is 2.10 bits per heavy atom. The van der Waals surface area contributed by atoms with Gasteiger partial charge >= 0.3 is 6.61 Å². The second-order valence-electron chi connectivity index (χ2n) is 3.89. The van der Waals surface area contributed by atoms with E-state index in [-0.39, 0.29) is 16.9 Å². The predicted molar refractivity (Wildman–Crippen MR) is 67.4 cm³/mol. The number of pyridine rings is 1. The first-order valence-corrected chi connectivity index (χ1v) is 5.67. The Morgan fingerprint density at radius 3 is 2.67 bits per heavy atom. The molecule has 0 spiro atoms. The minimum atomic E-state index is -3.11. The number of aromatic nitrogens is 1. The summed E-state index contributed by atoms with van der Waals surface area (Å²) in [6.45, 7) is -3.11. The van der Waals surface area contributed by atoms with Crippen molar-refractivity contribution in [3.05, 3.63) is 64.0 Å². The second-order valence-corrected chi connectivity index (χ2v) is 3.89. The Kier molecular flexibility index (Phi) is 4.17. The van der Waals surface area contributed by atoms with E-state index in [0.717, 1.165) is 18.2 Å². The van der Waals surface area contributed by atoms with Gasteiger partial charge in [0.15, 0.2) is 0 Å². The zero-order valence-corrected chi connectivity index (χ0v) is 10.4. The molecule has 0 atom stereocenters. The van der Waals surface area contributed by atoms with E-state index < -0.39 is 23.0 Å². The number of nitrogens with zero attached hydrogens (tertiary/aromatic N) is 2. The summed E-state index contributed by atoms with van der Waals surface area (Å²) in [4.78, 5) is 26.1. The fraction of sp³-hybridized carbons (Fsp3) is 0.0769. The number of carbonyl (C=O) groups excluding carboxylic acids is 1. The maximum atomic E-state index is 12.2. The van der Waals surface area contributed by atoms with E-state index in [9.17, 15) is 23.7 Å². The quantitative estimate of drug-likeness (QED) is 0.481. The van der Waals surface area contributed by atoms with Crippen molar-refractivity contribution in [3.63, 3.8) is 0 Å². The van der Waals surface area contributed by atoms with Crippen LogP contribution >= 0.6 is 0 Å². The van der Waals surface area contributed by atoms with Crippen LogP contribution in [-0.4, -0.2) is 22.3 Å². The predicted octanol–water partition coefficient (Wildman–Crippen LogP) is 2.82. The van der Waals surface area contributed by atoms with Gasteiger partial charge in [-0.2, -0.15) is 8.78 Å². The van der Waals surface area contributed by atoms with Crippen molar-refractivity contribution in [3.8, 4) is 5.75 Å². The van der Waals surface area contributed by atoms with E-state index in [0.29, 0.717) is 0 Å². The van der Waals surface area contributed by atoms with Gasteiger partial charge in [0.25, 0.3) is 5.69 Å². The van der Waals surface area contributed by atoms with Gasteiger partial charge in [-0.25, -0.2) is 0 Å². The van der Waals surface area contributed by atoms with Crippen molar-refractivity contribution in [1.29, 1.82) is 0 Å². The van der Waals surface area contributed by atoms with Gasteiger partial charge in [-0.15, -0.1) is 0 Å². The van der Waals surface area contributed by atoms with Crippen molar-refractivity contribution in [2.75, 3.05) is 0 Å². The fourth-order valence-corrected chi connectivity index (χ4v) is 1.68. The average molecular weight is 294 g/mol. The lowest BCUT2D eigenvalue weighted by Gasteiger charge is -2.06. The van der Waals surface area contributed by atoms with E-state index in [1.54, 1.807) is 0 Å². The fourth-order valence-electron chi connectivity index (χ4n) is 1.68. The van der Waals surface area contributed by atoms with Gasteiger partial charge in [-0.1, -0.05) is 0 Å². The average Bonchev–Trinajstić information content (AvgIpc) is 2.46. The Bertz CT molecular complexity index is 677. The molecule has 0 radical (unpaired) electrons. The molecule has 6 nitrogen and oxygen atoms in total. The summed E-state index contributed by atoms with van der Waals surface area (Å²) in [5.41, 5.74) is -0.681. The van der Waals surface area contributed by atoms with Gasteiger partial charge < -0.3 is 4.74 Å². The molecule has 1 heterocycles. The molecule has 0 unspecified atom stereocenters. The first-order valence-electron chi connectivity index (χ1n) is 5.67. The van der Waals surface area contributed by atoms with Gasteiger partial charge in [-0.3, -0.25) is 19.9 Å². The van der Waals surface area contributed by atoms with Crippen molar-refractivity contribution < 1.29 is 23.2 Å². The molecule has 0 saturated carbocycles. The van der Waals surface area contributed by atoms with Crippen LogP contribution < -0.4 is 4.74 Å². The standard InChI is InChI=1S/C13H8F2N2O4/c14-13(15)21-9-3-4-10(11(6-9)17(19)20)12(18)8-2-1-5-16-7-8/h1-7,13H. The van der Waals surface area contributed by atoms with Gasteiger partial charge in [0.05, 0.1) is 11.0 Å². The molecule has 2 aromatic rings. The van der Waals surface area contributed by atoms with Crippen LogP contribution in [0.2, 0.25) is 0 Å². The van der Waals surface area contributed by atoms with Gasteiger partial charge in [0.1, 0.15) is 11.3 Å². The van der Waals surface area contributed by atoms with Gasteiger partial charge in [-0.05, 0) is 24.3 Å². The number of nitro groups is 1. The number of ether oxygens (including phenoxy) is 1. The first-order chi connectivity index (χ1) is 9.99. The van der Waals surface area contributed by atoms with E-state index in [4.69, 9.17) is 0 Å². The van der Waals surface area contributed by atoms with Crippen molar-refractivity contribution >= 4 is 11.5 Å². The highest BCUT2D eigenvalue weighted by Crippen LogP contribution is 2.27. The van der Waals surface area contributed by atoms with Gasteiger partial charge in [0, 0.05) is 18.0 Å². The van der Waals surface area contributed by atoms with Crippen molar-refractivity contribution in [1.82, 2.24) is 4.98 Å². The third kappa shape index (κ3) is 3.35. The lowest BCUT2D eigenvalue weighted by atomic mass is 10.0. The molecule has 2 rings (SSSR count). The van der Waals surface area contributed by atoms with Crippen molar-refractivity contribution in [2.24, 2.45) is 0 Å². The lowest BCUT2D eigenvalue weighted by molar-refractivity contribution is -0.385. The number of benzene rings is 1. The first kappa shape index (κ1) is 14.5. The Labute approximate surface area is 117 Å².